The summed E-state index contributed by atoms with van der Waals surface area (Å²) < 4.78 is 5.27. The Bertz CT molecular complexity index is 112. The summed E-state index contributed by atoms with van der Waals surface area (Å²) in [5, 5.41) is 9.09. The van der Waals surface area contributed by atoms with Crippen molar-refractivity contribution in [2.24, 2.45) is 0 Å². The molecular formula is C9H18O2. The minimum absolute atomic E-state index is 0.145. The molecule has 1 aliphatic rings. The molecular weight excluding hydrogens is 140 g/mol. The molecule has 0 aromatic carbocycles. The van der Waals surface area contributed by atoms with Crippen molar-refractivity contribution in [3.05, 3.63) is 0 Å². The van der Waals surface area contributed by atoms with Crippen molar-refractivity contribution >= 4 is 0 Å². The summed E-state index contributed by atoms with van der Waals surface area (Å²) in [6, 6.07) is 0. The van der Waals surface area contributed by atoms with Gasteiger partial charge in [-0.3, -0.25) is 0 Å². The fraction of sp³-hybridized carbons (Fsp3) is 1.00. The summed E-state index contributed by atoms with van der Waals surface area (Å²) in [5.41, 5.74) is 0. The van der Waals surface area contributed by atoms with Crippen LogP contribution < -0.4 is 0 Å². The Balaban J connectivity index is 1.96. The molecule has 0 aromatic heterocycles. The van der Waals surface area contributed by atoms with Crippen LogP contribution in [-0.2, 0) is 4.74 Å². The lowest BCUT2D eigenvalue weighted by atomic mass is 10.1. The van der Waals surface area contributed by atoms with Crippen LogP contribution in [0.15, 0.2) is 0 Å². The number of epoxide rings is 1. The first-order valence-corrected chi connectivity index (χ1v) is 4.59. The Morgan fingerprint density at radius 3 is 2.64 bits per heavy atom. The van der Waals surface area contributed by atoms with E-state index < -0.39 is 0 Å². The summed E-state index contributed by atoms with van der Waals surface area (Å²) >= 11 is 0. The van der Waals surface area contributed by atoms with E-state index in [0.29, 0.717) is 6.10 Å². The number of aliphatic hydroxyl groups excluding tert-OH is 1. The molecule has 0 radical (unpaired) electrons. The van der Waals surface area contributed by atoms with Crippen molar-refractivity contribution in [3.63, 3.8) is 0 Å². The molecule has 1 saturated heterocycles. The number of hydrogen-bond donors (Lipinski definition) is 1. The molecule has 0 saturated carbocycles. The molecule has 0 amide bonds. The fourth-order valence-corrected chi connectivity index (χ4v) is 1.41. The number of aliphatic hydroxyl groups is 1. The Hall–Kier alpha value is -0.0800. The Morgan fingerprint density at radius 1 is 1.45 bits per heavy atom. The molecule has 0 bridgehead atoms. The molecule has 1 rings (SSSR count). The van der Waals surface area contributed by atoms with Gasteiger partial charge in [-0.2, -0.15) is 0 Å². The normalized spacial score (nSPS) is 31.9. The van der Waals surface area contributed by atoms with Crippen LogP contribution in [0.25, 0.3) is 0 Å². The molecule has 11 heavy (non-hydrogen) atoms. The summed E-state index contributed by atoms with van der Waals surface area (Å²) in [4.78, 5) is 0. The molecule has 1 heterocycles. The summed E-state index contributed by atoms with van der Waals surface area (Å²) in [7, 11) is 0. The van der Waals surface area contributed by atoms with E-state index in [0.717, 1.165) is 6.42 Å². The second-order valence-electron chi connectivity index (χ2n) is 3.38. The lowest BCUT2D eigenvalue weighted by Gasteiger charge is -1.96. The van der Waals surface area contributed by atoms with Gasteiger partial charge in [-0.15, -0.1) is 0 Å². The molecule has 0 spiro atoms. The van der Waals surface area contributed by atoms with Crippen LogP contribution in [-0.4, -0.2) is 23.4 Å². The van der Waals surface area contributed by atoms with Gasteiger partial charge in [0.25, 0.3) is 0 Å². The van der Waals surface area contributed by atoms with Crippen LogP contribution in [0.1, 0.15) is 39.5 Å². The number of rotatable bonds is 5. The van der Waals surface area contributed by atoms with E-state index in [-0.39, 0.29) is 12.2 Å². The number of unbranched alkanes of at least 4 members (excludes halogenated alkanes) is 2. The number of ether oxygens (including phenoxy) is 1. The van der Waals surface area contributed by atoms with E-state index in [4.69, 9.17) is 9.84 Å². The van der Waals surface area contributed by atoms with Crippen LogP contribution >= 0.6 is 0 Å². The SMILES string of the molecule is CCCCC[C@H]1O[C@H]1[C@@H](C)O. The topological polar surface area (TPSA) is 32.8 Å². The second-order valence-corrected chi connectivity index (χ2v) is 3.38. The van der Waals surface area contributed by atoms with Crippen LogP contribution in [0, 0.1) is 0 Å². The largest absolute Gasteiger partial charge is 0.391 e. The van der Waals surface area contributed by atoms with E-state index in [2.05, 4.69) is 6.92 Å². The molecule has 1 aliphatic heterocycles. The fourth-order valence-electron chi connectivity index (χ4n) is 1.41. The van der Waals surface area contributed by atoms with Gasteiger partial charge in [0.15, 0.2) is 0 Å². The standard InChI is InChI=1S/C9H18O2/c1-3-4-5-6-8-9(11-8)7(2)10/h7-10H,3-6H2,1-2H3/t7-,8-,9+/m1/s1. The van der Waals surface area contributed by atoms with E-state index in [1.54, 1.807) is 6.92 Å². The van der Waals surface area contributed by atoms with Crippen molar-refractivity contribution in [1.82, 2.24) is 0 Å². The molecule has 2 heteroatoms. The minimum Gasteiger partial charge on any atom is -0.391 e. The van der Waals surface area contributed by atoms with Gasteiger partial charge in [-0.05, 0) is 13.3 Å². The molecule has 1 N–H and O–H groups in total. The summed E-state index contributed by atoms with van der Waals surface area (Å²) in [6.07, 6.45) is 5.14. The predicted octanol–water partition coefficient (Wildman–Crippen LogP) is 1.71. The highest BCUT2D eigenvalue weighted by molar-refractivity contribution is 4.88. The van der Waals surface area contributed by atoms with Gasteiger partial charge in [-0.25, -0.2) is 0 Å². The lowest BCUT2D eigenvalue weighted by molar-refractivity contribution is 0.152. The Morgan fingerprint density at radius 2 is 2.18 bits per heavy atom. The first-order valence-electron chi connectivity index (χ1n) is 4.59. The van der Waals surface area contributed by atoms with E-state index in [1.807, 2.05) is 0 Å². The maximum Gasteiger partial charge on any atom is 0.110 e. The van der Waals surface area contributed by atoms with Gasteiger partial charge in [-0.1, -0.05) is 26.2 Å². The van der Waals surface area contributed by atoms with E-state index in [1.165, 1.54) is 19.3 Å². The molecule has 66 valence electrons. The van der Waals surface area contributed by atoms with Gasteiger partial charge >= 0.3 is 0 Å². The van der Waals surface area contributed by atoms with Gasteiger partial charge in [0.2, 0.25) is 0 Å². The molecule has 0 aromatic rings. The third-order valence-electron chi connectivity index (χ3n) is 2.19. The van der Waals surface area contributed by atoms with E-state index >= 15 is 0 Å². The quantitative estimate of drug-likeness (QED) is 0.488. The van der Waals surface area contributed by atoms with Crippen molar-refractivity contribution in [2.45, 2.75) is 57.8 Å². The Kier molecular flexibility index (Phi) is 3.34. The minimum atomic E-state index is -0.276. The van der Waals surface area contributed by atoms with Crippen molar-refractivity contribution in [1.29, 1.82) is 0 Å². The van der Waals surface area contributed by atoms with Crippen molar-refractivity contribution in [3.8, 4) is 0 Å². The molecule has 1 fully saturated rings. The van der Waals surface area contributed by atoms with E-state index in [9.17, 15) is 0 Å². The predicted molar refractivity (Wildman–Crippen MR) is 44.5 cm³/mol. The zero-order valence-electron chi connectivity index (χ0n) is 7.42. The maximum absolute atomic E-state index is 9.09. The average Bonchev–Trinajstić information content (AvgIpc) is 2.68. The molecule has 2 nitrogen and oxygen atoms in total. The average molecular weight is 158 g/mol. The van der Waals surface area contributed by atoms with Gasteiger partial charge in [0, 0.05) is 0 Å². The summed E-state index contributed by atoms with van der Waals surface area (Å²) in [5.74, 6) is 0. The van der Waals surface area contributed by atoms with Gasteiger partial charge in [0.1, 0.15) is 6.10 Å². The second kappa shape index (κ2) is 4.07. The van der Waals surface area contributed by atoms with Gasteiger partial charge < -0.3 is 9.84 Å². The molecule has 0 unspecified atom stereocenters. The van der Waals surface area contributed by atoms with Crippen LogP contribution in [0.5, 0.6) is 0 Å². The first-order chi connectivity index (χ1) is 5.25. The highest BCUT2D eigenvalue weighted by Crippen LogP contribution is 2.29. The summed E-state index contributed by atoms with van der Waals surface area (Å²) in [6.45, 7) is 3.99. The van der Waals surface area contributed by atoms with Crippen molar-refractivity contribution < 1.29 is 9.84 Å². The zero-order chi connectivity index (χ0) is 8.27. The monoisotopic (exact) mass is 158 g/mol. The van der Waals surface area contributed by atoms with Crippen LogP contribution in [0.4, 0.5) is 0 Å². The number of hydrogen-bond acceptors (Lipinski definition) is 2. The first kappa shape index (κ1) is 9.01. The smallest absolute Gasteiger partial charge is 0.110 e. The van der Waals surface area contributed by atoms with Crippen molar-refractivity contribution in [2.75, 3.05) is 0 Å². The van der Waals surface area contributed by atoms with Crippen LogP contribution in [0.2, 0.25) is 0 Å². The third kappa shape index (κ3) is 2.80. The maximum atomic E-state index is 9.09. The molecule has 3 atom stereocenters. The van der Waals surface area contributed by atoms with Crippen LogP contribution in [0.3, 0.4) is 0 Å². The highest BCUT2D eigenvalue weighted by atomic mass is 16.6. The third-order valence-corrected chi connectivity index (χ3v) is 2.19. The zero-order valence-corrected chi connectivity index (χ0v) is 7.42. The van der Waals surface area contributed by atoms with Gasteiger partial charge in [0.05, 0.1) is 12.2 Å². The lowest BCUT2D eigenvalue weighted by Crippen LogP contribution is -2.11. The highest BCUT2D eigenvalue weighted by Gasteiger charge is 2.41. The molecule has 0 aliphatic carbocycles. The Labute approximate surface area is 68.6 Å².